The van der Waals surface area contributed by atoms with E-state index < -0.39 is 0 Å². The van der Waals surface area contributed by atoms with Crippen LogP contribution >= 0.6 is 0 Å². The molecule has 0 nitrogen and oxygen atoms in total. The average molecular weight is 348 g/mol. The minimum absolute atomic E-state index is 0. The zero-order chi connectivity index (χ0) is 8.39. The fourth-order valence-electron chi connectivity index (χ4n) is 1.27. The third-order valence-electron chi connectivity index (χ3n) is 1.89. The molecule has 0 fully saturated rings. The van der Waals surface area contributed by atoms with Gasteiger partial charge in [-0.15, -0.1) is 17.7 Å². The van der Waals surface area contributed by atoms with Crippen LogP contribution in [0.2, 0.25) is 0 Å². The first kappa shape index (κ1) is 10.1. The number of rotatable bonds is 0. The van der Waals surface area contributed by atoms with Gasteiger partial charge in [0, 0.05) is 0 Å². The zero-order valence-electron chi connectivity index (χ0n) is 6.84. The van der Waals surface area contributed by atoms with Crippen LogP contribution in [0.3, 0.4) is 0 Å². The number of hydrogen-bond donors (Lipinski definition) is 0. The zero-order valence-corrected chi connectivity index (χ0v) is 9.01. The van der Waals surface area contributed by atoms with Crippen LogP contribution in [0.4, 0.5) is 0 Å². The molecule has 0 saturated carbocycles. The summed E-state index contributed by atoms with van der Waals surface area (Å²) in [5.74, 6) is 2.37. The smallest absolute Gasteiger partial charge is 0.366 e. The molecule has 0 aliphatic carbocycles. The molecule has 0 unspecified atom stereocenters. The van der Waals surface area contributed by atoms with E-state index in [-0.39, 0.29) is 22.4 Å². The number of fused-ring (bicyclic) bond motifs is 1. The molecule has 0 heterocycles. The molecule has 2 aromatic carbocycles. The number of hydrogen-bond acceptors (Lipinski definition) is 0. The van der Waals surface area contributed by atoms with Gasteiger partial charge in [-0.3, -0.25) is 5.92 Å². The van der Waals surface area contributed by atoms with Crippen molar-refractivity contribution < 1.29 is 22.4 Å². The minimum atomic E-state index is 0. The van der Waals surface area contributed by atoms with Crippen LogP contribution in [0.25, 0.3) is 10.8 Å². The summed E-state index contributed by atoms with van der Waals surface area (Å²) in [4.78, 5) is 0. The van der Waals surface area contributed by atoms with E-state index in [1.165, 1.54) is 5.39 Å². The van der Waals surface area contributed by atoms with Crippen molar-refractivity contribution >= 4 is 10.8 Å². The summed E-state index contributed by atoms with van der Waals surface area (Å²) in [6.45, 7) is 0. The molecule has 0 aliphatic rings. The van der Waals surface area contributed by atoms with Gasteiger partial charge in [0.1, 0.15) is 0 Å². The summed E-state index contributed by atoms with van der Waals surface area (Å²) in [6, 6.07) is 14.0. The van der Waals surface area contributed by atoms with E-state index in [0.29, 0.717) is 0 Å². The molecular weight excluding hydrogens is 341 g/mol. The Bertz CT molecular complexity index is 452. The summed E-state index contributed by atoms with van der Waals surface area (Å²) in [5, 5.41) is 2.37. The molecule has 0 aliphatic heterocycles. The maximum absolute atomic E-state index is 6.97. The van der Waals surface area contributed by atoms with Crippen LogP contribution in [0, 0.1) is 12.3 Å². The van der Waals surface area contributed by atoms with Crippen LogP contribution < -0.4 is 0 Å². The van der Waals surface area contributed by atoms with Gasteiger partial charge in [0.15, 0.2) is 0 Å². The van der Waals surface area contributed by atoms with E-state index in [4.69, 9.17) is 6.42 Å². The molecule has 2 rings (SSSR count). The first-order chi connectivity index (χ1) is 5.90. The molecule has 66 valence electrons. The molecule has 13 heavy (non-hydrogen) atoms. The Balaban J connectivity index is 0.000000845. The second kappa shape index (κ2) is 4.30. The molecule has 0 saturated heterocycles. The maximum Gasteiger partial charge on any atom is 1.00 e. The van der Waals surface area contributed by atoms with Crippen molar-refractivity contribution in [3.63, 3.8) is 0 Å². The topological polar surface area (TPSA) is 0 Å². The fourth-order valence-corrected chi connectivity index (χ4v) is 1.27. The molecule has 0 radical (unpaired) electrons. The Kier molecular flexibility index (Phi) is 3.33. The van der Waals surface area contributed by atoms with Gasteiger partial charge in [0.05, 0.1) is 0 Å². The van der Waals surface area contributed by atoms with Crippen LogP contribution in [0.5, 0.6) is 0 Å². The third-order valence-corrected chi connectivity index (χ3v) is 1.89. The van der Waals surface area contributed by atoms with Gasteiger partial charge in [-0.2, -0.15) is 0 Å². The van der Waals surface area contributed by atoms with E-state index in [1.54, 1.807) is 0 Å². The third kappa shape index (κ3) is 2.02. The second-order valence-corrected chi connectivity index (χ2v) is 2.69. The summed E-state index contributed by atoms with van der Waals surface area (Å²) in [7, 11) is 0. The monoisotopic (exact) mass is 348 g/mol. The Morgan fingerprint density at radius 2 is 1.62 bits per heavy atom. The maximum atomic E-state index is 6.97. The molecule has 0 amide bonds. The predicted molar refractivity (Wildman–Crippen MR) is 50.2 cm³/mol. The van der Waals surface area contributed by atoms with Crippen molar-refractivity contribution in [2.45, 2.75) is 0 Å². The first-order valence-electron chi connectivity index (χ1n) is 3.82. The fraction of sp³-hybridized carbons (Fsp3) is 0. The molecule has 0 spiro atoms. The summed E-state index contributed by atoms with van der Waals surface area (Å²) in [5.41, 5.74) is 0.828. The Morgan fingerprint density at radius 1 is 0.923 bits per heavy atom. The van der Waals surface area contributed by atoms with E-state index in [1.807, 2.05) is 36.4 Å². The van der Waals surface area contributed by atoms with E-state index in [9.17, 15) is 0 Å². The van der Waals surface area contributed by atoms with E-state index in [2.05, 4.69) is 12.0 Å². The van der Waals surface area contributed by atoms with Gasteiger partial charge < -0.3 is 6.42 Å². The molecule has 0 bridgehead atoms. The molecular formula is C12H7Au. The summed E-state index contributed by atoms with van der Waals surface area (Å²) < 4.78 is 0. The molecule has 0 N–H and O–H groups in total. The summed E-state index contributed by atoms with van der Waals surface area (Å²) in [6.07, 6.45) is 6.97. The SMILES string of the molecule is [Au+].[C-]#Cc1ccc2ccccc2c1. The largest absolute Gasteiger partial charge is 1.00 e. The summed E-state index contributed by atoms with van der Waals surface area (Å²) >= 11 is 0. The van der Waals surface area contributed by atoms with Crippen molar-refractivity contribution in [1.29, 1.82) is 0 Å². The first-order valence-corrected chi connectivity index (χ1v) is 3.82. The average Bonchev–Trinajstić information content (AvgIpc) is 2.17. The van der Waals surface area contributed by atoms with Crippen LogP contribution in [0.1, 0.15) is 5.56 Å². The van der Waals surface area contributed by atoms with Gasteiger partial charge in [0.25, 0.3) is 0 Å². The molecule has 0 aromatic heterocycles. The predicted octanol–water partition coefficient (Wildman–Crippen LogP) is 2.78. The van der Waals surface area contributed by atoms with Gasteiger partial charge in [-0.05, 0) is 10.8 Å². The van der Waals surface area contributed by atoms with Gasteiger partial charge in [-0.25, -0.2) is 0 Å². The Hall–Kier alpha value is -1.000. The van der Waals surface area contributed by atoms with E-state index >= 15 is 0 Å². The van der Waals surface area contributed by atoms with Crippen molar-refractivity contribution in [3.8, 4) is 5.92 Å². The second-order valence-electron chi connectivity index (χ2n) is 2.69. The normalized spacial score (nSPS) is 8.85. The van der Waals surface area contributed by atoms with Crippen LogP contribution in [0.15, 0.2) is 42.5 Å². The quantitative estimate of drug-likeness (QED) is 0.390. The van der Waals surface area contributed by atoms with Crippen molar-refractivity contribution in [2.24, 2.45) is 0 Å². The molecule has 2 aromatic rings. The van der Waals surface area contributed by atoms with E-state index in [0.717, 1.165) is 10.9 Å². The Morgan fingerprint density at radius 3 is 2.31 bits per heavy atom. The van der Waals surface area contributed by atoms with Crippen molar-refractivity contribution in [1.82, 2.24) is 0 Å². The van der Waals surface area contributed by atoms with Crippen LogP contribution in [-0.4, -0.2) is 0 Å². The minimum Gasteiger partial charge on any atom is -0.366 e. The number of benzene rings is 2. The molecule has 0 atom stereocenters. The van der Waals surface area contributed by atoms with Crippen molar-refractivity contribution in [3.05, 3.63) is 54.5 Å². The van der Waals surface area contributed by atoms with Gasteiger partial charge >= 0.3 is 22.4 Å². The standard InChI is InChI=1S/C12H7.Au/c1-2-10-7-8-11-5-3-4-6-12(11)9-10;/h3-9H;/q-1;+1. The van der Waals surface area contributed by atoms with Gasteiger partial charge in [0.2, 0.25) is 0 Å². The molecule has 1 heteroatoms. The Labute approximate surface area is 93.5 Å². The van der Waals surface area contributed by atoms with Crippen molar-refractivity contribution in [2.75, 3.05) is 0 Å². The van der Waals surface area contributed by atoms with Crippen LogP contribution in [-0.2, 0) is 22.4 Å². The van der Waals surface area contributed by atoms with Gasteiger partial charge in [-0.1, -0.05) is 30.3 Å².